The van der Waals surface area contributed by atoms with Crippen molar-refractivity contribution in [3.63, 3.8) is 0 Å². The highest BCUT2D eigenvalue weighted by Gasteiger charge is 2.28. The Kier molecular flexibility index (Phi) is 3.34. The summed E-state index contributed by atoms with van der Waals surface area (Å²) in [5.41, 5.74) is 0. The van der Waals surface area contributed by atoms with Crippen molar-refractivity contribution in [2.75, 3.05) is 26.4 Å². The lowest BCUT2D eigenvalue weighted by Crippen LogP contribution is -2.35. The first-order valence-electron chi connectivity index (χ1n) is 6.23. The van der Waals surface area contributed by atoms with Crippen LogP contribution in [0.1, 0.15) is 12.8 Å². The summed E-state index contributed by atoms with van der Waals surface area (Å²) >= 11 is 0. The van der Waals surface area contributed by atoms with E-state index in [0.717, 1.165) is 17.3 Å². The van der Waals surface area contributed by atoms with Crippen molar-refractivity contribution >= 4 is 10.0 Å². The van der Waals surface area contributed by atoms with Gasteiger partial charge in [-0.2, -0.15) is 0 Å². The molecule has 6 nitrogen and oxygen atoms in total. The van der Waals surface area contributed by atoms with Crippen LogP contribution in [0.3, 0.4) is 0 Å². The van der Waals surface area contributed by atoms with Crippen LogP contribution in [0.15, 0.2) is 23.1 Å². The van der Waals surface area contributed by atoms with Gasteiger partial charge in [-0.1, -0.05) is 4.47 Å². The molecule has 7 heteroatoms. The largest absolute Gasteiger partial charge is 0.486 e. The van der Waals surface area contributed by atoms with Crippen LogP contribution in [0, 0.1) is 0 Å². The van der Waals surface area contributed by atoms with Crippen LogP contribution in [0.5, 0.6) is 11.5 Å². The highest BCUT2D eigenvalue weighted by atomic mass is 32.2. The van der Waals surface area contributed by atoms with E-state index in [1.165, 1.54) is 12.1 Å². The normalized spacial score (nSPS) is 20.2. The van der Waals surface area contributed by atoms with Crippen molar-refractivity contribution in [3.05, 3.63) is 18.2 Å². The predicted molar refractivity (Wildman–Crippen MR) is 66.5 cm³/mol. The number of fused-ring (bicyclic) bond motifs is 1. The molecule has 0 amide bonds. The average Bonchev–Trinajstić information content (AvgIpc) is 2.47. The lowest BCUT2D eigenvalue weighted by molar-refractivity contribution is -0.108. The van der Waals surface area contributed by atoms with E-state index in [4.69, 9.17) is 14.3 Å². The van der Waals surface area contributed by atoms with E-state index in [9.17, 15) is 8.42 Å². The summed E-state index contributed by atoms with van der Waals surface area (Å²) in [5.74, 6) is 1.04. The number of ether oxygens (including phenoxy) is 2. The zero-order chi connectivity index (χ0) is 13.3. The Labute approximate surface area is 111 Å². The quantitative estimate of drug-likeness (QED) is 0.816. The fraction of sp³-hybridized carbons (Fsp3) is 0.500. The third kappa shape index (κ3) is 2.41. The van der Waals surface area contributed by atoms with Crippen molar-refractivity contribution < 1.29 is 22.7 Å². The molecule has 0 N–H and O–H groups in total. The van der Waals surface area contributed by atoms with Gasteiger partial charge in [-0.3, -0.25) is 4.84 Å². The predicted octanol–water partition coefficient (Wildman–Crippen LogP) is 1.17. The van der Waals surface area contributed by atoms with E-state index in [1.54, 1.807) is 6.07 Å². The molecule has 0 atom stereocenters. The number of hydroxylamine groups is 1. The van der Waals surface area contributed by atoms with Crippen LogP contribution in [0.4, 0.5) is 0 Å². The Morgan fingerprint density at radius 3 is 2.53 bits per heavy atom. The second kappa shape index (κ2) is 4.99. The number of hydrogen-bond acceptors (Lipinski definition) is 5. The monoisotopic (exact) mass is 285 g/mol. The number of rotatable bonds is 2. The molecular weight excluding hydrogens is 270 g/mol. The molecule has 0 spiro atoms. The molecule has 1 aromatic carbocycles. The van der Waals surface area contributed by atoms with Gasteiger partial charge in [-0.25, -0.2) is 8.42 Å². The van der Waals surface area contributed by atoms with Gasteiger partial charge >= 0.3 is 0 Å². The van der Waals surface area contributed by atoms with Gasteiger partial charge in [-0.05, 0) is 25.0 Å². The molecule has 0 aliphatic carbocycles. The van der Waals surface area contributed by atoms with Crippen LogP contribution < -0.4 is 9.47 Å². The Morgan fingerprint density at radius 2 is 1.79 bits per heavy atom. The van der Waals surface area contributed by atoms with Crippen LogP contribution in [-0.4, -0.2) is 39.3 Å². The molecule has 0 unspecified atom stereocenters. The van der Waals surface area contributed by atoms with Gasteiger partial charge in [-0.15, -0.1) is 0 Å². The summed E-state index contributed by atoms with van der Waals surface area (Å²) in [6.07, 6.45) is 1.69. The fourth-order valence-electron chi connectivity index (χ4n) is 2.07. The summed E-state index contributed by atoms with van der Waals surface area (Å²) in [6.45, 7) is 1.73. The highest BCUT2D eigenvalue weighted by Crippen LogP contribution is 2.33. The third-order valence-corrected chi connectivity index (χ3v) is 4.72. The molecule has 19 heavy (non-hydrogen) atoms. The van der Waals surface area contributed by atoms with E-state index < -0.39 is 10.0 Å². The van der Waals surface area contributed by atoms with E-state index >= 15 is 0 Å². The summed E-state index contributed by atoms with van der Waals surface area (Å²) in [4.78, 5) is 5.38. The number of sulfonamides is 1. The maximum Gasteiger partial charge on any atom is 0.265 e. The van der Waals surface area contributed by atoms with Gasteiger partial charge in [0.25, 0.3) is 10.0 Å². The molecule has 1 fully saturated rings. The lowest BCUT2D eigenvalue weighted by atomic mass is 10.3. The third-order valence-electron chi connectivity index (χ3n) is 3.05. The minimum absolute atomic E-state index is 0.165. The smallest absolute Gasteiger partial charge is 0.265 e. The first-order valence-corrected chi connectivity index (χ1v) is 7.67. The molecule has 104 valence electrons. The molecule has 2 heterocycles. The standard InChI is InChI=1S/C12H15NO5S/c14-19(15,13-5-1-2-6-18-13)10-3-4-11-12(9-10)17-8-7-16-11/h3-4,9H,1-2,5-8H2. The Bertz CT molecular complexity index is 565. The average molecular weight is 285 g/mol. The highest BCUT2D eigenvalue weighted by molar-refractivity contribution is 7.89. The van der Waals surface area contributed by atoms with E-state index in [1.807, 2.05) is 0 Å². The molecule has 3 rings (SSSR count). The first-order chi connectivity index (χ1) is 9.18. The van der Waals surface area contributed by atoms with Gasteiger partial charge in [0, 0.05) is 12.6 Å². The van der Waals surface area contributed by atoms with Gasteiger partial charge < -0.3 is 9.47 Å². The Morgan fingerprint density at radius 1 is 1.00 bits per heavy atom. The minimum atomic E-state index is -3.62. The summed E-state index contributed by atoms with van der Waals surface area (Å²) in [7, 11) is -3.62. The van der Waals surface area contributed by atoms with Gasteiger partial charge in [0.15, 0.2) is 11.5 Å². The molecule has 0 radical (unpaired) electrons. The number of benzene rings is 1. The van der Waals surface area contributed by atoms with E-state index in [0.29, 0.717) is 37.9 Å². The molecule has 2 aliphatic rings. The zero-order valence-corrected chi connectivity index (χ0v) is 11.2. The van der Waals surface area contributed by atoms with Crippen molar-refractivity contribution in [1.29, 1.82) is 0 Å². The Balaban J connectivity index is 1.92. The van der Waals surface area contributed by atoms with Gasteiger partial charge in [0.1, 0.15) is 13.2 Å². The molecule has 0 bridgehead atoms. The molecule has 0 saturated carbocycles. The molecule has 0 aromatic heterocycles. The topological polar surface area (TPSA) is 65.1 Å². The molecule has 1 aromatic rings. The molecule has 1 saturated heterocycles. The van der Waals surface area contributed by atoms with Crippen molar-refractivity contribution in [1.82, 2.24) is 4.47 Å². The SMILES string of the molecule is O=S(=O)(c1ccc2c(c1)OCCO2)N1CCCCO1. The van der Waals surface area contributed by atoms with Crippen molar-refractivity contribution in [2.24, 2.45) is 0 Å². The maximum atomic E-state index is 12.4. The van der Waals surface area contributed by atoms with Crippen LogP contribution in [0.2, 0.25) is 0 Å². The maximum absolute atomic E-state index is 12.4. The van der Waals surface area contributed by atoms with Crippen LogP contribution >= 0.6 is 0 Å². The fourth-order valence-corrected chi connectivity index (χ4v) is 3.38. The molecule has 2 aliphatic heterocycles. The summed E-state index contributed by atoms with van der Waals surface area (Å²) < 4.78 is 36.6. The first kappa shape index (κ1) is 12.7. The number of nitrogens with zero attached hydrogens (tertiary/aromatic N) is 1. The van der Waals surface area contributed by atoms with Crippen molar-refractivity contribution in [3.8, 4) is 11.5 Å². The van der Waals surface area contributed by atoms with Crippen molar-refractivity contribution in [2.45, 2.75) is 17.7 Å². The van der Waals surface area contributed by atoms with E-state index in [-0.39, 0.29) is 4.90 Å². The second-order valence-corrected chi connectivity index (χ2v) is 6.21. The van der Waals surface area contributed by atoms with Crippen LogP contribution in [-0.2, 0) is 14.9 Å². The summed E-state index contributed by atoms with van der Waals surface area (Å²) in [5, 5.41) is 0. The summed E-state index contributed by atoms with van der Waals surface area (Å²) in [6, 6.07) is 4.62. The lowest BCUT2D eigenvalue weighted by Gasteiger charge is -2.26. The van der Waals surface area contributed by atoms with E-state index in [2.05, 4.69) is 0 Å². The Hall–Kier alpha value is -1.31. The van der Waals surface area contributed by atoms with Gasteiger partial charge in [0.05, 0.1) is 11.5 Å². The number of hydrogen-bond donors (Lipinski definition) is 0. The van der Waals surface area contributed by atoms with Crippen LogP contribution in [0.25, 0.3) is 0 Å². The zero-order valence-electron chi connectivity index (χ0n) is 10.4. The molecular formula is C12H15NO5S. The second-order valence-electron chi connectivity index (χ2n) is 4.38. The van der Waals surface area contributed by atoms with Gasteiger partial charge in [0.2, 0.25) is 0 Å². The minimum Gasteiger partial charge on any atom is -0.486 e.